The summed E-state index contributed by atoms with van der Waals surface area (Å²) in [5, 5.41) is 6.60. The number of ether oxygens (including phenoxy) is 3. The SMILES string of the molecule is CN=C(NCCCOCC1CCOC1)NC1CN(C(=O)OC(C)(C)C)C1.I. The molecule has 2 N–H and O–H groups in total. The smallest absolute Gasteiger partial charge is 0.410 e. The van der Waals surface area contributed by atoms with Crippen LogP contribution in [0, 0.1) is 5.92 Å². The van der Waals surface area contributed by atoms with Gasteiger partial charge in [0.1, 0.15) is 5.60 Å². The van der Waals surface area contributed by atoms with Crippen LogP contribution in [0.2, 0.25) is 0 Å². The van der Waals surface area contributed by atoms with E-state index in [4.69, 9.17) is 14.2 Å². The summed E-state index contributed by atoms with van der Waals surface area (Å²) in [7, 11) is 1.75. The molecule has 0 aliphatic carbocycles. The highest BCUT2D eigenvalue weighted by Crippen LogP contribution is 2.15. The molecule has 0 bridgehead atoms. The van der Waals surface area contributed by atoms with E-state index in [2.05, 4.69) is 15.6 Å². The number of hydrogen-bond donors (Lipinski definition) is 2. The first-order valence-electron chi connectivity index (χ1n) is 9.48. The molecule has 9 heteroatoms. The minimum Gasteiger partial charge on any atom is -0.444 e. The maximum Gasteiger partial charge on any atom is 0.410 e. The Bertz CT molecular complexity index is 472. The molecule has 8 nitrogen and oxygen atoms in total. The Morgan fingerprint density at radius 1 is 1.33 bits per heavy atom. The number of aliphatic imine (C=N–C) groups is 1. The van der Waals surface area contributed by atoms with Gasteiger partial charge in [-0.1, -0.05) is 0 Å². The van der Waals surface area contributed by atoms with Crippen molar-refractivity contribution in [1.82, 2.24) is 15.5 Å². The van der Waals surface area contributed by atoms with Crippen LogP contribution in [0.3, 0.4) is 0 Å². The predicted molar refractivity (Wildman–Crippen MR) is 116 cm³/mol. The highest BCUT2D eigenvalue weighted by molar-refractivity contribution is 14.0. The molecule has 1 amide bonds. The third-order valence-corrected chi connectivity index (χ3v) is 4.23. The van der Waals surface area contributed by atoms with Crippen LogP contribution in [0.5, 0.6) is 0 Å². The van der Waals surface area contributed by atoms with Gasteiger partial charge < -0.3 is 29.7 Å². The predicted octanol–water partition coefficient (Wildman–Crippen LogP) is 1.83. The number of rotatable bonds is 7. The van der Waals surface area contributed by atoms with Crippen molar-refractivity contribution >= 4 is 36.0 Å². The second-order valence-electron chi connectivity index (χ2n) is 7.88. The van der Waals surface area contributed by atoms with Crippen molar-refractivity contribution in [3.63, 3.8) is 0 Å². The summed E-state index contributed by atoms with van der Waals surface area (Å²) < 4.78 is 16.4. The van der Waals surface area contributed by atoms with Crippen LogP contribution < -0.4 is 10.6 Å². The first-order valence-corrected chi connectivity index (χ1v) is 9.48. The fraction of sp³-hybridized carbons (Fsp3) is 0.889. The fourth-order valence-corrected chi connectivity index (χ4v) is 2.78. The number of halogens is 1. The molecule has 2 heterocycles. The van der Waals surface area contributed by atoms with Gasteiger partial charge in [-0.25, -0.2) is 4.79 Å². The van der Waals surface area contributed by atoms with E-state index in [1.54, 1.807) is 11.9 Å². The van der Waals surface area contributed by atoms with Gasteiger partial charge in [-0.15, -0.1) is 24.0 Å². The van der Waals surface area contributed by atoms with Gasteiger partial charge in [-0.05, 0) is 33.6 Å². The molecule has 0 aromatic rings. The van der Waals surface area contributed by atoms with Gasteiger partial charge >= 0.3 is 6.09 Å². The summed E-state index contributed by atoms with van der Waals surface area (Å²) in [5.41, 5.74) is -0.458. The molecular formula is C18H35IN4O4. The Balaban J connectivity index is 0.00000364. The minimum atomic E-state index is -0.458. The Hall–Kier alpha value is -0.810. The van der Waals surface area contributed by atoms with Gasteiger partial charge in [0.25, 0.3) is 0 Å². The number of carbonyl (C=O) groups excluding carboxylic acids is 1. The van der Waals surface area contributed by atoms with Crippen LogP contribution in [0.4, 0.5) is 4.79 Å². The summed E-state index contributed by atoms with van der Waals surface area (Å²) in [4.78, 5) is 17.8. The normalized spacial score (nSPS) is 20.7. The molecule has 2 fully saturated rings. The van der Waals surface area contributed by atoms with Crippen molar-refractivity contribution in [2.75, 3.05) is 53.1 Å². The number of hydrogen-bond acceptors (Lipinski definition) is 5. The molecule has 2 aliphatic heterocycles. The average molecular weight is 498 g/mol. The standard InChI is InChI=1S/C18H34N4O4.HI/c1-18(2,3)26-17(23)22-10-15(11-22)21-16(19-4)20-7-5-8-24-12-14-6-9-25-13-14;/h14-15H,5-13H2,1-4H3,(H2,19,20,21);1H. The highest BCUT2D eigenvalue weighted by Gasteiger charge is 2.34. The highest BCUT2D eigenvalue weighted by atomic mass is 127. The molecule has 2 saturated heterocycles. The Morgan fingerprint density at radius 2 is 2.07 bits per heavy atom. The zero-order valence-corrected chi connectivity index (χ0v) is 19.3. The lowest BCUT2D eigenvalue weighted by atomic mass is 10.1. The second-order valence-corrected chi connectivity index (χ2v) is 7.88. The molecule has 0 radical (unpaired) electrons. The monoisotopic (exact) mass is 498 g/mol. The van der Waals surface area contributed by atoms with Crippen LogP contribution in [0.1, 0.15) is 33.6 Å². The van der Waals surface area contributed by atoms with E-state index in [1.807, 2.05) is 20.8 Å². The fourth-order valence-electron chi connectivity index (χ4n) is 2.78. The first kappa shape index (κ1) is 24.2. The van der Waals surface area contributed by atoms with Gasteiger partial charge in [-0.2, -0.15) is 0 Å². The average Bonchev–Trinajstić information content (AvgIpc) is 3.03. The molecule has 1 atom stereocenters. The van der Waals surface area contributed by atoms with Gasteiger partial charge in [0.2, 0.25) is 0 Å². The lowest BCUT2D eigenvalue weighted by Gasteiger charge is -2.40. The molecule has 158 valence electrons. The van der Waals surface area contributed by atoms with Crippen LogP contribution >= 0.6 is 24.0 Å². The molecule has 0 spiro atoms. The van der Waals surface area contributed by atoms with E-state index in [0.29, 0.717) is 19.0 Å². The van der Waals surface area contributed by atoms with Gasteiger partial charge in [0.15, 0.2) is 5.96 Å². The van der Waals surface area contributed by atoms with Gasteiger partial charge in [0, 0.05) is 45.8 Å². The van der Waals surface area contributed by atoms with Crippen molar-refractivity contribution in [2.24, 2.45) is 10.9 Å². The molecular weight excluding hydrogens is 463 g/mol. The van der Waals surface area contributed by atoms with Crippen molar-refractivity contribution in [3.05, 3.63) is 0 Å². The van der Waals surface area contributed by atoms with Crippen molar-refractivity contribution in [3.8, 4) is 0 Å². The Morgan fingerprint density at radius 3 is 2.67 bits per heavy atom. The number of likely N-dealkylation sites (tertiary alicyclic amines) is 1. The lowest BCUT2D eigenvalue weighted by Crippen LogP contribution is -2.63. The van der Waals surface area contributed by atoms with E-state index in [1.165, 1.54) is 0 Å². The lowest BCUT2D eigenvalue weighted by molar-refractivity contribution is 0.00700. The molecule has 27 heavy (non-hydrogen) atoms. The third-order valence-electron chi connectivity index (χ3n) is 4.23. The molecule has 2 rings (SSSR count). The van der Waals surface area contributed by atoms with Crippen LogP contribution in [0.15, 0.2) is 4.99 Å². The zero-order chi connectivity index (χ0) is 19.0. The summed E-state index contributed by atoms with van der Waals surface area (Å²) in [5.74, 6) is 1.31. The van der Waals surface area contributed by atoms with E-state index < -0.39 is 5.60 Å². The molecule has 0 aromatic heterocycles. The number of nitrogens with one attached hydrogen (secondary N) is 2. The summed E-state index contributed by atoms with van der Waals surface area (Å²) in [6.07, 6.45) is 1.77. The van der Waals surface area contributed by atoms with Crippen molar-refractivity contribution in [1.29, 1.82) is 0 Å². The minimum absolute atomic E-state index is 0. The second kappa shape index (κ2) is 11.9. The Labute approximate surface area is 179 Å². The third kappa shape index (κ3) is 9.29. The van der Waals surface area contributed by atoms with Gasteiger partial charge in [-0.3, -0.25) is 4.99 Å². The maximum absolute atomic E-state index is 11.9. The van der Waals surface area contributed by atoms with Crippen LogP contribution in [-0.4, -0.2) is 81.7 Å². The quantitative estimate of drug-likeness (QED) is 0.241. The largest absolute Gasteiger partial charge is 0.444 e. The number of guanidine groups is 1. The van der Waals surface area contributed by atoms with Crippen molar-refractivity contribution in [2.45, 2.75) is 45.3 Å². The van der Waals surface area contributed by atoms with E-state index >= 15 is 0 Å². The van der Waals surface area contributed by atoms with E-state index in [-0.39, 0.29) is 36.1 Å². The number of carbonyl (C=O) groups is 1. The zero-order valence-electron chi connectivity index (χ0n) is 17.0. The van der Waals surface area contributed by atoms with E-state index in [0.717, 1.165) is 51.8 Å². The first-order chi connectivity index (χ1) is 12.4. The topological polar surface area (TPSA) is 84.4 Å². The van der Waals surface area contributed by atoms with Crippen LogP contribution in [-0.2, 0) is 14.2 Å². The molecule has 2 aliphatic rings. The number of nitrogens with zero attached hydrogens (tertiary/aromatic N) is 2. The molecule has 0 saturated carbocycles. The summed E-state index contributed by atoms with van der Waals surface area (Å²) in [6.45, 7) is 10.9. The molecule has 0 aromatic carbocycles. The number of amides is 1. The Kier molecular flexibility index (Phi) is 10.7. The van der Waals surface area contributed by atoms with E-state index in [9.17, 15) is 4.79 Å². The summed E-state index contributed by atoms with van der Waals surface area (Å²) >= 11 is 0. The van der Waals surface area contributed by atoms with Crippen molar-refractivity contribution < 1.29 is 19.0 Å². The molecule has 1 unspecified atom stereocenters. The summed E-state index contributed by atoms with van der Waals surface area (Å²) in [6, 6.07) is 0.201. The van der Waals surface area contributed by atoms with Crippen LogP contribution in [0.25, 0.3) is 0 Å². The van der Waals surface area contributed by atoms with Gasteiger partial charge in [0.05, 0.1) is 19.3 Å². The maximum atomic E-state index is 11.9.